The lowest BCUT2D eigenvalue weighted by Gasteiger charge is -2.28. The Morgan fingerprint density at radius 3 is 2.03 bits per heavy atom. The Morgan fingerprint density at radius 1 is 0.935 bits per heavy atom. The average Bonchev–Trinajstić information content (AvgIpc) is 2.80. The van der Waals surface area contributed by atoms with Crippen LogP contribution in [0.4, 0.5) is 0 Å². The van der Waals surface area contributed by atoms with E-state index in [0.717, 1.165) is 24.5 Å². The molecule has 0 saturated heterocycles. The van der Waals surface area contributed by atoms with Crippen LogP contribution in [0.25, 0.3) is 0 Å². The molecule has 1 unspecified atom stereocenters. The molecule has 0 amide bonds. The van der Waals surface area contributed by atoms with Crippen LogP contribution >= 0.6 is 0 Å². The number of benzene rings is 2. The fourth-order valence-corrected chi connectivity index (χ4v) is 4.51. The SMILES string of the molecule is C=CC(=O)c1ccc(OC(CCC)Oc2ccc(C3CCC(CCC)CC3)cc2)cc1. The summed E-state index contributed by atoms with van der Waals surface area (Å²) in [4.78, 5) is 11.7. The lowest BCUT2D eigenvalue weighted by atomic mass is 9.77. The maximum atomic E-state index is 11.7. The van der Waals surface area contributed by atoms with Crippen LogP contribution in [0.15, 0.2) is 61.2 Å². The summed E-state index contributed by atoms with van der Waals surface area (Å²) < 4.78 is 12.2. The quantitative estimate of drug-likeness (QED) is 0.212. The van der Waals surface area contributed by atoms with Gasteiger partial charge in [0.15, 0.2) is 5.78 Å². The zero-order valence-corrected chi connectivity index (χ0v) is 19.0. The van der Waals surface area contributed by atoms with Crippen molar-refractivity contribution in [3.63, 3.8) is 0 Å². The molecule has 166 valence electrons. The molecule has 3 rings (SSSR count). The van der Waals surface area contributed by atoms with Gasteiger partial charge in [0, 0.05) is 12.0 Å². The highest BCUT2D eigenvalue weighted by Gasteiger charge is 2.22. The molecule has 1 fully saturated rings. The first kappa shape index (κ1) is 23.1. The van der Waals surface area contributed by atoms with Gasteiger partial charge >= 0.3 is 0 Å². The molecule has 0 heterocycles. The second-order valence-corrected chi connectivity index (χ2v) is 8.62. The van der Waals surface area contributed by atoms with E-state index in [4.69, 9.17) is 9.47 Å². The van der Waals surface area contributed by atoms with E-state index in [1.54, 1.807) is 24.3 Å². The summed E-state index contributed by atoms with van der Waals surface area (Å²) in [6.45, 7) is 7.93. The molecule has 0 aromatic heterocycles. The fourth-order valence-electron chi connectivity index (χ4n) is 4.51. The van der Waals surface area contributed by atoms with Crippen molar-refractivity contribution in [2.24, 2.45) is 5.92 Å². The summed E-state index contributed by atoms with van der Waals surface area (Å²) in [7, 11) is 0. The normalized spacial score (nSPS) is 19.4. The summed E-state index contributed by atoms with van der Waals surface area (Å²) in [5.74, 6) is 3.05. The molecular weight excluding hydrogens is 384 g/mol. The van der Waals surface area contributed by atoms with E-state index in [0.29, 0.717) is 17.2 Å². The van der Waals surface area contributed by atoms with Crippen molar-refractivity contribution in [3.8, 4) is 11.5 Å². The van der Waals surface area contributed by atoms with Crippen molar-refractivity contribution in [2.45, 2.75) is 77.4 Å². The summed E-state index contributed by atoms with van der Waals surface area (Å²) in [6.07, 6.45) is 10.7. The maximum Gasteiger partial charge on any atom is 0.241 e. The van der Waals surface area contributed by atoms with Crippen molar-refractivity contribution in [1.29, 1.82) is 0 Å². The number of ether oxygens (including phenoxy) is 2. The van der Waals surface area contributed by atoms with Crippen LogP contribution < -0.4 is 9.47 Å². The Balaban J connectivity index is 1.57. The van der Waals surface area contributed by atoms with E-state index in [2.05, 4.69) is 44.7 Å². The van der Waals surface area contributed by atoms with Crippen LogP contribution in [0.3, 0.4) is 0 Å². The highest BCUT2D eigenvalue weighted by Crippen LogP contribution is 2.38. The van der Waals surface area contributed by atoms with Gasteiger partial charge < -0.3 is 9.47 Å². The van der Waals surface area contributed by atoms with Crippen molar-refractivity contribution < 1.29 is 14.3 Å². The zero-order chi connectivity index (χ0) is 22.1. The molecule has 31 heavy (non-hydrogen) atoms. The van der Waals surface area contributed by atoms with E-state index in [1.165, 1.54) is 50.2 Å². The zero-order valence-electron chi connectivity index (χ0n) is 19.0. The molecule has 0 spiro atoms. The van der Waals surface area contributed by atoms with Crippen LogP contribution in [0.1, 0.15) is 87.1 Å². The van der Waals surface area contributed by atoms with Crippen LogP contribution in [0, 0.1) is 5.92 Å². The molecule has 1 aliphatic carbocycles. The van der Waals surface area contributed by atoms with Crippen LogP contribution in [0.5, 0.6) is 11.5 Å². The molecule has 0 aliphatic heterocycles. The van der Waals surface area contributed by atoms with E-state index >= 15 is 0 Å². The van der Waals surface area contributed by atoms with Gasteiger partial charge in [-0.15, -0.1) is 0 Å². The molecule has 2 aromatic rings. The molecule has 3 nitrogen and oxygen atoms in total. The Hall–Kier alpha value is -2.55. The van der Waals surface area contributed by atoms with Crippen molar-refractivity contribution >= 4 is 5.78 Å². The minimum absolute atomic E-state index is 0.0909. The first-order valence-electron chi connectivity index (χ1n) is 11.8. The second kappa shape index (κ2) is 11.7. The van der Waals surface area contributed by atoms with Gasteiger partial charge in [0.05, 0.1) is 0 Å². The van der Waals surface area contributed by atoms with Gasteiger partial charge in [-0.2, -0.15) is 0 Å². The minimum Gasteiger partial charge on any atom is -0.455 e. The first-order valence-corrected chi connectivity index (χ1v) is 11.8. The van der Waals surface area contributed by atoms with Gasteiger partial charge in [0.25, 0.3) is 0 Å². The summed E-state index contributed by atoms with van der Waals surface area (Å²) in [5, 5.41) is 0. The number of hydrogen-bond donors (Lipinski definition) is 0. The molecular formula is C28H36O3. The molecule has 0 bridgehead atoms. The monoisotopic (exact) mass is 420 g/mol. The van der Waals surface area contributed by atoms with Gasteiger partial charge in [0.1, 0.15) is 11.5 Å². The van der Waals surface area contributed by atoms with E-state index < -0.39 is 0 Å². The third-order valence-electron chi connectivity index (χ3n) is 6.28. The number of hydrogen-bond acceptors (Lipinski definition) is 3. The molecule has 0 radical (unpaired) electrons. The first-order chi connectivity index (χ1) is 15.1. The number of allylic oxidation sites excluding steroid dienone is 1. The third kappa shape index (κ3) is 6.72. The van der Waals surface area contributed by atoms with Crippen LogP contribution in [-0.4, -0.2) is 12.1 Å². The standard InChI is InChI=1S/C28H36O3/c1-4-7-21-9-11-22(12-10-21)23-13-17-25(18-14-23)30-28(8-5-2)31-26-19-15-24(16-20-26)27(29)6-3/h6,13-22,28H,3-5,7-12H2,1-2H3. The van der Waals surface area contributed by atoms with E-state index in [9.17, 15) is 4.79 Å². The molecule has 1 aliphatic rings. The number of carbonyl (C=O) groups is 1. The lowest BCUT2D eigenvalue weighted by molar-refractivity contribution is -0.00106. The summed E-state index contributed by atoms with van der Waals surface area (Å²) in [6, 6.07) is 15.7. The predicted octanol–water partition coefficient (Wildman–Crippen LogP) is 7.71. The Labute approximate surface area is 187 Å². The molecule has 0 N–H and O–H groups in total. The van der Waals surface area contributed by atoms with Gasteiger partial charge in [-0.3, -0.25) is 4.79 Å². The van der Waals surface area contributed by atoms with Crippen molar-refractivity contribution in [2.75, 3.05) is 0 Å². The number of carbonyl (C=O) groups excluding carboxylic acids is 1. The Bertz CT molecular complexity index is 814. The largest absolute Gasteiger partial charge is 0.455 e. The third-order valence-corrected chi connectivity index (χ3v) is 6.28. The van der Waals surface area contributed by atoms with Gasteiger partial charge in [0.2, 0.25) is 6.29 Å². The summed E-state index contributed by atoms with van der Waals surface area (Å²) in [5.41, 5.74) is 2.03. The molecule has 2 aromatic carbocycles. The van der Waals surface area contributed by atoms with Gasteiger partial charge in [-0.25, -0.2) is 0 Å². The topological polar surface area (TPSA) is 35.5 Å². The Kier molecular flexibility index (Phi) is 8.75. The predicted molar refractivity (Wildman–Crippen MR) is 127 cm³/mol. The maximum absolute atomic E-state index is 11.7. The van der Waals surface area contributed by atoms with E-state index in [1.807, 2.05) is 0 Å². The lowest BCUT2D eigenvalue weighted by Crippen LogP contribution is -2.23. The molecule has 1 saturated carbocycles. The molecule has 1 atom stereocenters. The number of ketones is 1. The van der Waals surface area contributed by atoms with Crippen molar-refractivity contribution in [1.82, 2.24) is 0 Å². The van der Waals surface area contributed by atoms with Crippen LogP contribution in [-0.2, 0) is 0 Å². The average molecular weight is 421 g/mol. The fraction of sp³-hybridized carbons (Fsp3) is 0.464. The Morgan fingerprint density at radius 2 is 1.52 bits per heavy atom. The highest BCUT2D eigenvalue weighted by atomic mass is 16.7. The van der Waals surface area contributed by atoms with E-state index in [-0.39, 0.29) is 12.1 Å². The minimum atomic E-state index is -0.360. The van der Waals surface area contributed by atoms with Crippen molar-refractivity contribution in [3.05, 3.63) is 72.3 Å². The van der Waals surface area contributed by atoms with Gasteiger partial charge in [-0.1, -0.05) is 45.4 Å². The van der Waals surface area contributed by atoms with Gasteiger partial charge in [-0.05, 0) is 92.0 Å². The molecule has 3 heteroatoms. The second-order valence-electron chi connectivity index (χ2n) is 8.62. The van der Waals surface area contributed by atoms with Crippen LogP contribution in [0.2, 0.25) is 0 Å². The summed E-state index contributed by atoms with van der Waals surface area (Å²) >= 11 is 0. The highest BCUT2D eigenvalue weighted by molar-refractivity contribution is 6.04. The number of rotatable bonds is 11. The smallest absolute Gasteiger partial charge is 0.241 e.